The summed E-state index contributed by atoms with van der Waals surface area (Å²) in [5.74, 6) is 0.0783. The molecule has 0 spiro atoms. The number of halogens is 3. The van der Waals surface area contributed by atoms with Crippen molar-refractivity contribution >= 4 is 60.7 Å². The Morgan fingerprint density at radius 2 is 2.33 bits per heavy atom. The van der Waals surface area contributed by atoms with Gasteiger partial charge in [-0.1, -0.05) is 0 Å². The summed E-state index contributed by atoms with van der Waals surface area (Å²) in [5, 5.41) is 0.112. The van der Waals surface area contributed by atoms with Gasteiger partial charge in [0.15, 0.2) is 0 Å². The second kappa shape index (κ2) is 4.73. The van der Waals surface area contributed by atoms with Gasteiger partial charge in [0.25, 0.3) is 5.91 Å². The number of carbonyl (C=O) groups is 1. The zero-order valence-electron chi connectivity index (χ0n) is 7.67. The summed E-state index contributed by atoms with van der Waals surface area (Å²) in [4.78, 5) is 14.6. The van der Waals surface area contributed by atoms with Crippen molar-refractivity contribution in [1.29, 1.82) is 0 Å². The molecular weight excluding hydrogens is 365 g/mol. The van der Waals surface area contributed by atoms with Crippen molar-refractivity contribution in [2.45, 2.75) is 11.8 Å². The van der Waals surface area contributed by atoms with Crippen molar-refractivity contribution < 1.29 is 4.79 Å². The van der Waals surface area contributed by atoms with Crippen molar-refractivity contribution in [3.63, 3.8) is 0 Å². The summed E-state index contributed by atoms with van der Waals surface area (Å²) < 4.78 is 1.88. The molecule has 1 fully saturated rings. The summed E-state index contributed by atoms with van der Waals surface area (Å²) in [7, 11) is 0. The SMILES string of the molecule is O=C(c1cc(Br)c(Br)s1)N1CCC(Cl)C1. The lowest BCUT2D eigenvalue weighted by Gasteiger charge is -2.13. The third-order valence-corrected chi connectivity index (χ3v) is 5.87. The first-order valence-electron chi connectivity index (χ1n) is 4.46. The second-order valence-corrected chi connectivity index (χ2v) is 7.21. The number of hydrogen-bond donors (Lipinski definition) is 0. The van der Waals surface area contributed by atoms with Gasteiger partial charge in [0.05, 0.1) is 14.0 Å². The number of nitrogens with zero attached hydrogens (tertiary/aromatic N) is 1. The Morgan fingerprint density at radius 1 is 1.60 bits per heavy atom. The van der Waals surface area contributed by atoms with E-state index in [0.717, 1.165) is 26.1 Å². The van der Waals surface area contributed by atoms with Crippen LogP contribution < -0.4 is 0 Å². The highest BCUT2D eigenvalue weighted by Crippen LogP contribution is 2.33. The standard InChI is InChI=1S/C9H8Br2ClNOS/c10-6-3-7(15-8(6)11)9(14)13-2-1-5(12)4-13/h3,5H,1-2,4H2. The molecule has 0 N–H and O–H groups in total. The number of thiophene rings is 1. The minimum absolute atomic E-state index is 0.0783. The molecule has 1 unspecified atom stereocenters. The number of rotatable bonds is 1. The molecule has 1 aliphatic heterocycles. The van der Waals surface area contributed by atoms with E-state index in [4.69, 9.17) is 11.6 Å². The molecule has 0 bridgehead atoms. The maximum atomic E-state index is 12.0. The molecule has 1 aliphatic rings. The van der Waals surface area contributed by atoms with Crippen molar-refractivity contribution in [2.24, 2.45) is 0 Å². The molecule has 0 aliphatic carbocycles. The van der Waals surface area contributed by atoms with Crippen molar-refractivity contribution in [3.05, 3.63) is 19.2 Å². The molecule has 2 heterocycles. The van der Waals surface area contributed by atoms with E-state index in [9.17, 15) is 4.79 Å². The zero-order valence-corrected chi connectivity index (χ0v) is 12.4. The Morgan fingerprint density at radius 3 is 2.80 bits per heavy atom. The predicted octanol–water partition coefficient (Wildman–Crippen LogP) is 3.73. The Hall–Kier alpha value is 0.420. The van der Waals surface area contributed by atoms with Crippen LogP contribution in [-0.2, 0) is 0 Å². The number of likely N-dealkylation sites (tertiary alicyclic amines) is 1. The minimum Gasteiger partial charge on any atom is -0.336 e. The lowest BCUT2D eigenvalue weighted by Crippen LogP contribution is -2.28. The summed E-state index contributed by atoms with van der Waals surface area (Å²) in [6, 6.07) is 1.85. The van der Waals surface area contributed by atoms with E-state index in [-0.39, 0.29) is 11.3 Å². The van der Waals surface area contributed by atoms with E-state index in [0.29, 0.717) is 6.54 Å². The van der Waals surface area contributed by atoms with Gasteiger partial charge in [-0.15, -0.1) is 22.9 Å². The Labute approximate surface area is 114 Å². The fourth-order valence-electron chi connectivity index (χ4n) is 1.51. The van der Waals surface area contributed by atoms with Crippen molar-refractivity contribution in [1.82, 2.24) is 4.90 Å². The lowest BCUT2D eigenvalue weighted by atomic mass is 10.4. The lowest BCUT2D eigenvalue weighted by molar-refractivity contribution is 0.0798. The topological polar surface area (TPSA) is 20.3 Å². The van der Waals surface area contributed by atoms with E-state index in [1.165, 1.54) is 11.3 Å². The molecule has 0 saturated carbocycles. The molecule has 0 radical (unpaired) electrons. The molecule has 82 valence electrons. The molecule has 1 saturated heterocycles. The van der Waals surface area contributed by atoms with Crippen LogP contribution in [0.3, 0.4) is 0 Å². The predicted molar refractivity (Wildman–Crippen MR) is 69.9 cm³/mol. The maximum absolute atomic E-state index is 12.0. The molecule has 15 heavy (non-hydrogen) atoms. The van der Waals surface area contributed by atoms with Gasteiger partial charge in [-0.25, -0.2) is 0 Å². The van der Waals surface area contributed by atoms with Gasteiger partial charge in [0, 0.05) is 17.6 Å². The molecule has 1 atom stereocenters. The van der Waals surface area contributed by atoms with Gasteiger partial charge in [0.2, 0.25) is 0 Å². The second-order valence-electron chi connectivity index (χ2n) is 3.37. The third-order valence-electron chi connectivity index (χ3n) is 2.27. The average Bonchev–Trinajstić information content (AvgIpc) is 2.74. The summed E-state index contributed by atoms with van der Waals surface area (Å²) in [6.45, 7) is 1.42. The highest BCUT2D eigenvalue weighted by Gasteiger charge is 2.26. The normalized spacial score (nSPS) is 21.0. The van der Waals surface area contributed by atoms with E-state index in [1.807, 2.05) is 11.0 Å². The van der Waals surface area contributed by atoms with Crippen molar-refractivity contribution in [3.8, 4) is 0 Å². The van der Waals surface area contributed by atoms with E-state index in [1.54, 1.807) is 0 Å². The van der Waals surface area contributed by atoms with Gasteiger partial charge >= 0.3 is 0 Å². The van der Waals surface area contributed by atoms with Gasteiger partial charge < -0.3 is 4.90 Å². The minimum atomic E-state index is 0.0783. The number of amides is 1. The van der Waals surface area contributed by atoms with E-state index >= 15 is 0 Å². The van der Waals surface area contributed by atoms with Crippen LogP contribution in [0.1, 0.15) is 16.1 Å². The fourth-order valence-corrected chi connectivity index (χ4v) is 3.78. The van der Waals surface area contributed by atoms with E-state index < -0.39 is 0 Å². The van der Waals surface area contributed by atoms with Gasteiger partial charge in [-0.2, -0.15) is 0 Å². The highest BCUT2D eigenvalue weighted by molar-refractivity contribution is 9.13. The smallest absolute Gasteiger partial charge is 0.264 e. The molecule has 2 rings (SSSR count). The van der Waals surface area contributed by atoms with Crippen LogP contribution in [0, 0.1) is 0 Å². The molecule has 6 heteroatoms. The average molecular weight is 373 g/mol. The molecule has 1 aromatic heterocycles. The largest absolute Gasteiger partial charge is 0.336 e. The monoisotopic (exact) mass is 371 g/mol. The summed E-state index contributed by atoms with van der Waals surface area (Å²) >= 11 is 14.2. The zero-order chi connectivity index (χ0) is 11.0. The number of hydrogen-bond acceptors (Lipinski definition) is 2. The third kappa shape index (κ3) is 2.57. The molecule has 2 nitrogen and oxygen atoms in total. The Balaban J connectivity index is 2.14. The molecule has 0 aromatic carbocycles. The van der Waals surface area contributed by atoms with Crippen LogP contribution in [-0.4, -0.2) is 29.3 Å². The van der Waals surface area contributed by atoms with Gasteiger partial charge in [0.1, 0.15) is 0 Å². The van der Waals surface area contributed by atoms with E-state index in [2.05, 4.69) is 31.9 Å². The molecule has 1 amide bonds. The molecule has 1 aromatic rings. The van der Waals surface area contributed by atoms with Crippen LogP contribution >= 0.6 is 54.8 Å². The number of alkyl halides is 1. The first kappa shape index (κ1) is 11.9. The van der Waals surface area contributed by atoms with Crippen LogP contribution in [0.15, 0.2) is 14.3 Å². The number of carbonyl (C=O) groups excluding carboxylic acids is 1. The van der Waals surface area contributed by atoms with Gasteiger partial charge in [-0.05, 0) is 44.3 Å². The first-order chi connectivity index (χ1) is 7.08. The first-order valence-corrected chi connectivity index (χ1v) is 7.30. The fraction of sp³-hybridized carbons (Fsp3) is 0.444. The van der Waals surface area contributed by atoms with Crippen LogP contribution in [0.2, 0.25) is 0 Å². The molecular formula is C9H8Br2ClNOS. The Kier molecular flexibility index (Phi) is 3.75. The van der Waals surface area contributed by atoms with Crippen LogP contribution in [0.5, 0.6) is 0 Å². The summed E-state index contributed by atoms with van der Waals surface area (Å²) in [6.07, 6.45) is 0.890. The Bertz CT molecular complexity index is 376. The summed E-state index contributed by atoms with van der Waals surface area (Å²) in [5.41, 5.74) is 0. The highest BCUT2D eigenvalue weighted by atomic mass is 79.9. The van der Waals surface area contributed by atoms with Gasteiger partial charge in [-0.3, -0.25) is 4.79 Å². The maximum Gasteiger partial charge on any atom is 0.264 e. The van der Waals surface area contributed by atoms with Crippen LogP contribution in [0.4, 0.5) is 0 Å². The van der Waals surface area contributed by atoms with Crippen molar-refractivity contribution in [2.75, 3.05) is 13.1 Å². The van der Waals surface area contributed by atoms with Crippen LogP contribution in [0.25, 0.3) is 0 Å². The quantitative estimate of drug-likeness (QED) is 0.687.